The van der Waals surface area contributed by atoms with Crippen LogP contribution in [0.3, 0.4) is 0 Å². The summed E-state index contributed by atoms with van der Waals surface area (Å²) in [6.07, 6.45) is 1.33. The molecule has 134 valence electrons. The van der Waals surface area contributed by atoms with Gasteiger partial charge in [-0.25, -0.2) is 19.4 Å². The van der Waals surface area contributed by atoms with Crippen molar-refractivity contribution in [3.8, 4) is 0 Å². The Balaban J connectivity index is 1.83. The SMILES string of the molecule is Cc1cc(C)nc(N2NC3=C(C(=O)C[C@H](C)C3)[C@H]2c2ccc(F)cc2)n1. The lowest BCUT2D eigenvalue weighted by molar-refractivity contribution is -0.117. The lowest BCUT2D eigenvalue weighted by Crippen LogP contribution is -2.36. The monoisotopic (exact) mass is 352 g/mol. The molecule has 2 aliphatic rings. The second-order valence-corrected chi connectivity index (χ2v) is 7.22. The van der Waals surface area contributed by atoms with Crippen LogP contribution in [0.15, 0.2) is 41.6 Å². The van der Waals surface area contributed by atoms with Gasteiger partial charge in [0.2, 0.25) is 5.95 Å². The molecule has 0 fully saturated rings. The number of anilines is 1. The van der Waals surface area contributed by atoms with Gasteiger partial charge in [0.25, 0.3) is 0 Å². The molecule has 26 heavy (non-hydrogen) atoms. The van der Waals surface area contributed by atoms with Crippen molar-refractivity contribution in [2.75, 3.05) is 5.01 Å². The molecule has 2 atom stereocenters. The summed E-state index contributed by atoms with van der Waals surface area (Å²) in [5.74, 6) is 0.647. The molecule has 0 radical (unpaired) electrons. The standard InChI is InChI=1S/C20H21FN4O/c1-11-8-16-18(17(26)9-11)19(14-4-6-15(21)7-5-14)25(24-16)20-22-12(2)10-13(3)23-20/h4-7,10-11,19,24H,8-9H2,1-3H3/t11-,19-/m1/s1. The van der Waals surface area contributed by atoms with E-state index in [1.807, 2.05) is 24.9 Å². The predicted octanol–water partition coefficient (Wildman–Crippen LogP) is 3.55. The zero-order chi connectivity index (χ0) is 18.4. The Hall–Kier alpha value is -2.76. The number of aromatic nitrogens is 2. The zero-order valence-corrected chi connectivity index (χ0v) is 15.1. The van der Waals surface area contributed by atoms with Gasteiger partial charge in [0.1, 0.15) is 11.9 Å². The fourth-order valence-electron chi connectivity index (χ4n) is 3.83. The molecule has 1 aliphatic heterocycles. The van der Waals surface area contributed by atoms with Crippen LogP contribution >= 0.6 is 0 Å². The number of nitrogens with zero attached hydrogens (tertiary/aromatic N) is 3. The Morgan fingerprint density at radius 1 is 1.12 bits per heavy atom. The molecular formula is C20H21FN4O. The number of aryl methyl sites for hydroxylation is 2. The van der Waals surface area contributed by atoms with Crippen LogP contribution in [0.1, 0.15) is 42.8 Å². The molecule has 1 aliphatic carbocycles. The van der Waals surface area contributed by atoms with Gasteiger partial charge in [0, 0.05) is 29.1 Å². The molecule has 4 rings (SSSR count). The van der Waals surface area contributed by atoms with Gasteiger partial charge >= 0.3 is 0 Å². The van der Waals surface area contributed by atoms with Gasteiger partial charge < -0.3 is 0 Å². The van der Waals surface area contributed by atoms with Gasteiger partial charge in [-0.2, -0.15) is 0 Å². The van der Waals surface area contributed by atoms with Crippen LogP contribution < -0.4 is 10.4 Å². The second kappa shape index (κ2) is 6.20. The molecule has 6 heteroatoms. The van der Waals surface area contributed by atoms with E-state index in [1.54, 1.807) is 12.1 Å². The summed E-state index contributed by atoms with van der Waals surface area (Å²) in [6, 6.07) is 7.84. The number of carbonyl (C=O) groups excluding carboxylic acids is 1. The highest BCUT2D eigenvalue weighted by Gasteiger charge is 2.42. The third-order valence-electron chi connectivity index (χ3n) is 4.87. The number of hydrogen-bond acceptors (Lipinski definition) is 5. The van der Waals surface area contributed by atoms with Gasteiger partial charge in [0.05, 0.1) is 0 Å². The van der Waals surface area contributed by atoms with E-state index < -0.39 is 0 Å². The maximum absolute atomic E-state index is 13.4. The van der Waals surface area contributed by atoms with Crippen LogP contribution in [0.4, 0.5) is 10.3 Å². The van der Waals surface area contributed by atoms with Crippen molar-refractivity contribution in [1.29, 1.82) is 0 Å². The third kappa shape index (κ3) is 2.85. The number of ketones is 1. The van der Waals surface area contributed by atoms with Crippen molar-refractivity contribution in [2.45, 2.75) is 39.7 Å². The van der Waals surface area contributed by atoms with Crippen molar-refractivity contribution >= 4 is 11.7 Å². The summed E-state index contributed by atoms with van der Waals surface area (Å²) in [5.41, 5.74) is 7.59. The van der Waals surface area contributed by atoms with E-state index in [9.17, 15) is 9.18 Å². The zero-order valence-electron chi connectivity index (χ0n) is 15.1. The highest BCUT2D eigenvalue weighted by Crippen LogP contribution is 2.42. The average molecular weight is 352 g/mol. The topological polar surface area (TPSA) is 58.1 Å². The normalized spacial score (nSPS) is 22.5. The minimum absolute atomic E-state index is 0.132. The Morgan fingerprint density at radius 3 is 2.42 bits per heavy atom. The number of Topliss-reactive ketones (excluding diaryl/α,β-unsaturated/α-hetero) is 1. The van der Waals surface area contributed by atoms with Gasteiger partial charge in [-0.1, -0.05) is 19.1 Å². The summed E-state index contributed by atoms with van der Waals surface area (Å²) >= 11 is 0. The summed E-state index contributed by atoms with van der Waals surface area (Å²) < 4.78 is 13.4. The molecule has 5 nitrogen and oxygen atoms in total. The van der Waals surface area contributed by atoms with E-state index in [1.165, 1.54) is 12.1 Å². The maximum Gasteiger partial charge on any atom is 0.245 e. The van der Waals surface area contributed by atoms with E-state index in [0.717, 1.165) is 34.6 Å². The Morgan fingerprint density at radius 2 is 1.77 bits per heavy atom. The Kier molecular flexibility index (Phi) is 3.98. The molecule has 0 saturated heterocycles. The number of allylic oxidation sites excluding steroid dienone is 1. The van der Waals surface area contributed by atoms with E-state index in [0.29, 0.717) is 18.3 Å². The summed E-state index contributed by atoms with van der Waals surface area (Å²) in [5, 5.41) is 1.84. The van der Waals surface area contributed by atoms with E-state index in [2.05, 4.69) is 22.3 Å². The number of halogens is 1. The van der Waals surface area contributed by atoms with Gasteiger partial charge in [0.15, 0.2) is 5.78 Å². The quantitative estimate of drug-likeness (QED) is 0.896. The molecular weight excluding hydrogens is 331 g/mol. The highest BCUT2D eigenvalue weighted by molar-refractivity contribution is 5.99. The van der Waals surface area contributed by atoms with E-state index in [4.69, 9.17) is 0 Å². The maximum atomic E-state index is 13.4. The smallest absolute Gasteiger partial charge is 0.245 e. The summed E-state index contributed by atoms with van der Waals surface area (Å²) in [6.45, 7) is 5.91. The molecule has 2 aromatic rings. The fraction of sp³-hybridized carbons (Fsp3) is 0.350. The molecule has 0 saturated carbocycles. The Bertz CT molecular complexity index is 886. The third-order valence-corrected chi connectivity index (χ3v) is 4.87. The van der Waals surface area contributed by atoms with Gasteiger partial charge in [-0.05, 0) is 49.9 Å². The average Bonchev–Trinajstić information content (AvgIpc) is 2.94. The van der Waals surface area contributed by atoms with Crippen LogP contribution in [-0.4, -0.2) is 15.8 Å². The molecule has 0 unspecified atom stereocenters. The first-order valence-corrected chi connectivity index (χ1v) is 8.82. The van der Waals surface area contributed by atoms with Crippen LogP contribution in [0.5, 0.6) is 0 Å². The van der Waals surface area contributed by atoms with Crippen LogP contribution in [-0.2, 0) is 4.79 Å². The molecule has 0 bridgehead atoms. The molecule has 1 aromatic heterocycles. The van der Waals surface area contributed by atoms with Crippen molar-refractivity contribution in [1.82, 2.24) is 15.4 Å². The van der Waals surface area contributed by atoms with Gasteiger partial charge in [-0.3, -0.25) is 10.2 Å². The minimum Gasteiger partial charge on any atom is -0.299 e. The first-order chi connectivity index (χ1) is 12.4. The number of hydrogen-bond donors (Lipinski definition) is 1. The number of hydrazine groups is 1. The first kappa shape index (κ1) is 16.7. The Labute approximate surface area is 151 Å². The largest absolute Gasteiger partial charge is 0.299 e. The number of carbonyl (C=O) groups is 1. The summed E-state index contributed by atoms with van der Waals surface area (Å²) in [7, 11) is 0. The van der Waals surface area contributed by atoms with Crippen LogP contribution in [0.2, 0.25) is 0 Å². The number of rotatable bonds is 2. The lowest BCUT2D eigenvalue weighted by Gasteiger charge is -2.27. The minimum atomic E-state index is -0.355. The van der Waals surface area contributed by atoms with Gasteiger partial charge in [-0.15, -0.1) is 0 Å². The van der Waals surface area contributed by atoms with Crippen molar-refractivity contribution in [3.05, 3.63) is 64.4 Å². The fourth-order valence-corrected chi connectivity index (χ4v) is 3.83. The molecule has 2 heterocycles. The number of benzene rings is 1. The van der Waals surface area contributed by atoms with Crippen LogP contribution in [0, 0.1) is 25.6 Å². The summed E-state index contributed by atoms with van der Waals surface area (Å²) in [4.78, 5) is 21.9. The molecule has 1 aromatic carbocycles. The van der Waals surface area contributed by atoms with Crippen molar-refractivity contribution < 1.29 is 9.18 Å². The molecule has 0 spiro atoms. The first-order valence-electron chi connectivity index (χ1n) is 8.82. The highest BCUT2D eigenvalue weighted by atomic mass is 19.1. The predicted molar refractivity (Wildman–Crippen MR) is 96.7 cm³/mol. The van der Waals surface area contributed by atoms with Crippen molar-refractivity contribution in [2.24, 2.45) is 5.92 Å². The number of nitrogens with one attached hydrogen (secondary N) is 1. The van der Waals surface area contributed by atoms with Crippen molar-refractivity contribution in [3.63, 3.8) is 0 Å². The second-order valence-electron chi connectivity index (χ2n) is 7.22. The van der Waals surface area contributed by atoms with E-state index in [-0.39, 0.29) is 17.6 Å². The van der Waals surface area contributed by atoms with E-state index >= 15 is 0 Å². The lowest BCUT2D eigenvalue weighted by atomic mass is 9.83. The molecule has 0 amide bonds. The van der Waals surface area contributed by atoms with Crippen LogP contribution in [0.25, 0.3) is 0 Å². The molecule has 1 N–H and O–H groups in total.